The van der Waals surface area contributed by atoms with Crippen molar-refractivity contribution in [1.82, 2.24) is 0 Å². The minimum Gasteiger partial charge on any atom is -0.398 e. The largest absolute Gasteiger partial charge is 0.398 e. The van der Waals surface area contributed by atoms with Crippen molar-refractivity contribution < 1.29 is 13.6 Å². The molecule has 0 unspecified atom stereocenters. The van der Waals surface area contributed by atoms with Crippen LogP contribution in [0.25, 0.3) is 10.8 Å². The highest BCUT2D eigenvalue weighted by Gasteiger charge is 2.28. The maximum Gasteiger partial charge on any atom is 0.361 e. The summed E-state index contributed by atoms with van der Waals surface area (Å²) in [5.41, 5.74) is 6.60. The second kappa shape index (κ2) is 5.74. The van der Waals surface area contributed by atoms with Crippen LogP contribution in [0.15, 0.2) is 36.4 Å². The Hall–Kier alpha value is -1.35. The SMILES string of the molecule is CCOP(=O)(OCC)c1ccc(N)c2ccccc12. The first-order valence-electron chi connectivity index (χ1n) is 6.29. The molecule has 2 N–H and O–H groups in total. The van der Waals surface area contributed by atoms with Gasteiger partial charge in [0.05, 0.1) is 18.5 Å². The summed E-state index contributed by atoms with van der Waals surface area (Å²) in [6, 6.07) is 11.0. The Morgan fingerprint density at radius 1 is 1.00 bits per heavy atom. The number of rotatable bonds is 5. The highest BCUT2D eigenvalue weighted by atomic mass is 31.2. The number of hydrogen-bond donors (Lipinski definition) is 1. The van der Waals surface area contributed by atoms with Crippen molar-refractivity contribution >= 4 is 29.4 Å². The van der Waals surface area contributed by atoms with Gasteiger partial charge in [-0.2, -0.15) is 0 Å². The standard InChI is InChI=1S/C14H18NO3P/c1-3-17-19(16,18-4-2)14-10-9-13(15)11-7-5-6-8-12(11)14/h5-10H,3-4,15H2,1-2H3. The lowest BCUT2D eigenvalue weighted by Crippen LogP contribution is -2.12. The molecule has 0 bridgehead atoms. The van der Waals surface area contributed by atoms with Gasteiger partial charge in [-0.3, -0.25) is 4.57 Å². The summed E-state index contributed by atoms with van der Waals surface area (Å²) in [6.45, 7) is 4.25. The van der Waals surface area contributed by atoms with Gasteiger partial charge in [0.1, 0.15) is 0 Å². The van der Waals surface area contributed by atoms with E-state index in [4.69, 9.17) is 14.8 Å². The van der Waals surface area contributed by atoms with Crippen LogP contribution in [0.4, 0.5) is 5.69 Å². The molecule has 2 aromatic carbocycles. The first-order valence-corrected chi connectivity index (χ1v) is 7.83. The summed E-state index contributed by atoms with van der Waals surface area (Å²) in [5, 5.41) is 2.24. The molecule has 0 saturated heterocycles. The van der Waals surface area contributed by atoms with Crippen LogP contribution in [-0.2, 0) is 13.6 Å². The molecule has 0 aliphatic carbocycles. The van der Waals surface area contributed by atoms with Crippen molar-refractivity contribution in [2.45, 2.75) is 13.8 Å². The van der Waals surface area contributed by atoms with Crippen LogP contribution in [0.3, 0.4) is 0 Å². The van der Waals surface area contributed by atoms with Crippen LogP contribution >= 0.6 is 7.60 Å². The smallest absolute Gasteiger partial charge is 0.361 e. The molecule has 0 amide bonds. The number of nitrogen functional groups attached to an aromatic ring is 1. The fourth-order valence-electron chi connectivity index (χ4n) is 2.06. The molecule has 0 radical (unpaired) electrons. The minimum absolute atomic E-state index is 0.329. The number of fused-ring (bicyclic) bond motifs is 1. The van der Waals surface area contributed by atoms with Crippen LogP contribution in [0, 0.1) is 0 Å². The summed E-state index contributed by atoms with van der Waals surface area (Å²) in [5.74, 6) is 0. The van der Waals surface area contributed by atoms with Crippen LogP contribution in [0.1, 0.15) is 13.8 Å². The van der Waals surface area contributed by atoms with Gasteiger partial charge in [0.25, 0.3) is 0 Å². The lowest BCUT2D eigenvalue weighted by atomic mass is 10.1. The summed E-state index contributed by atoms with van der Waals surface area (Å²) < 4.78 is 23.6. The van der Waals surface area contributed by atoms with Gasteiger partial charge in [0.2, 0.25) is 0 Å². The molecule has 0 spiro atoms. The van der Waals surface area contributed by atoms with Gasteiger partial charge in [-0.25, -0.2) is 0 Å². The first kappa shape index (κ1) is 14.1. The van der Waals surface area contributed by atoms with E-state index in [1.807, 2.05) is 24.3 Å². The van der Waals surface area contributed by atoms with Crippen LogP contribution in [0.5, 0.6) is 0 Å². The second-order valence-electron chi connectivity index (χ2n) is 4.05. The van der Waals surface area contributed by atoms with Gasteiger partial charge in [-0.1, -0.05) is 24.3 Å². The van der Waals surface area contributed by atoms with E-state index in [0.29, 0.717) is 24.2 Å². The molecule has 0 fully saturated rings. The number of benzene rings is 2. The van der Waals surface area contributed by atoms with E-state index in [0.717, 1.165) is 10.8 Å². The normalized spacial score (nSPS) is 11.9. The molecule has 0 aliphatic rings. The van der Waals surface area contributed by atoms with Gasteiger partial charge in [-0.05, 0) is 31.4 Å². The van der Waals surface area contributed by atoms with Gasteiger partial charge in [0.15, 0.2) is 0 Å². The van der Waals surface area contributed by atoms with E-state index in [1.165, 1.54) is 0 Å². The molecule has 19 heavy (non-hydrogen) atoms. The lowest BCUT2D eigenvalue weighted by molar-refractivity contribution is 0.230. The monoisotopic (exact) mass is 279 g/mol. The quantitative estimate of drug-likeness (QED) is 0.673. The Kier molecular flexibility index (Phi) is 4.25. The molecule has 0 atom stereocenters. The lowest BCUT2D eigenvalue weighted by Gasteiger charge is -2.19. The number of anilines is 1. The van der Waals surface area contributed by atoms with Crippen LogP contribution < -0.4 is 11.0 Å². The zero-order valence-electron chi connectivity index (χ0n) is 11.1. The number of nitrogens with two attached hydrogens (primary N) is 1. The molecule has 0 heterocycles. The van der Waals surface area contributed by atoms with E-state index in [1.54, 1.807) is 26.0 Å². The summed E-state index contributed by atoms with van der Waals surface area (Å²) in [7, 11) is -3.29. The third kappa shape index (κ3) is 2.66. The predicted molar refractivity (Wildman–Crippen MR) is 78.9 cm³/mol. The average Bonchev–Trinajstić information content (AvgIpc) is 2.40. The summed E-state index contributed by atoms with van der Waals surface area (Å²) in [4.78, 5) is 0. The van der Waals surface area contributed by atoms with Crippen molar-refractivity contribution in [3.05, 3.63) is 36.4 Å². The van der Waals surface area contributed by atoms with E-state index in [-0.39, 0.29) is 0 Å². The van der Waals surface area contributed by atoms with Crippen LogP contribution in [-0.4, -0.2) is 13.2 Å². The van der Waals surface area contributed by atoms with E-state index < -0.39 is 7.60 Å². The third-order valence-electron chi connectivity index (χ3n) is 2.83. The highest BCUT2D eigenvalue weighted by Crippen LogP contribution is 2.48. The molecule has 2 rings (SSSR count). The van der Waals surface area contributed by atoms with Crippen LogP contribution in [0.2, 0.25) is 0 Å². The topological polar surface area (TPSA) is 61.5 Å². The van der Waals surface area contributed by atoms with Crippen molar-refractivity contribution in [2.24, 2.45) is 0 Å². The maximum atomic E-state index is 12.9. The number of hydrogen-bond acceptors (Lipinski definition) is 4. The molecule has 4 nitrogen and oxygen atoms in total. The van der Waals surface area contributed by atoms with Gasteiger partial charge >= 0.3 is 7.60 Å². The van der Waals surface area contributed by atoms with E-state index in [9.17, 15) is 4.57 Å². The molecular formula is C14H18NO3P. The molecule has 0 aliphatic heterocycles. The Morgan fingerprint density at radius 2 is 1.58 bits per heavy atom. The first-order chi connectivity index (χ1) is 9.12. The van der Waals surface area contributed by atoms with Gasteiger partial charge in [-0.15, -0.1) is 0 Å². The highest BCUT2D eigenvalue weighted by molar-refractivity contribution is 7.62. The maximum absolute atomic E-state index is 12.9. The summed E-state index contributed by atoms with van der Waals surface area (Å²) >= 11 is 0. The van der Waals surface area contributed by atoms with E-state index in [2.05, 4.69) is 0 Å². The van der Waals surface area contributed by atoms with Gasteiger partial charge < -0.3 is 14.8 Å². The predicted octanol–water partition coefficient (Wildman–Crippen LogP) is 3.31. The molecule has 2 aromatic rings. The molecule has 102 valence electrons. The fourth-order valence-corrected chi connectivity index (χ4v) is 3.84. The molecule has 0 saturated carbocycles. The average molecular weight is 279 g/mol. The second-order valence-corrected chi connectivity index (χ2v) is 6.05. The van der Waals surface area contributed by atoms with Crippen molar-refractivity contribution in [1.29, 1.82) is 0 Å². The third-order valence-corrected chi connectivity index (χ3v) is 5.00. The Bertz CT molecular complexity index is 617. The Morgan fingerprint density at radius 3 is 2.16 bits per heavy atom. The van der Waals surface area contributed by atoms with Gasteiger partial charge in [0, 0.05) is 11.1 Å². The zero-order chi connectivity index (χ0) is 13.9. The summed E-state index contributed by atoms with van der Waals surface area (Å²) in [6.07, 6.45) is 0. The zero-order valence-corrected chi connectivity index (χ0v) is 12.0. The van der Waals surface area contributed by atoms with Crippen molar-refractivity contribution in [3.8, 4) is 0 Å². The minimum atomic E-state index is -3.29. The molecule has 0 aromatic heterocycles. The molecular weight excluding hydrogens is 261 g/mol. The van der Waals surface area contributed by atoms with E-state index >= 15 is 0 Å². The van der Waals surface area contributed by atoms with Crippen molar-refractivity contribution in [3.63, 3.8) is 0 Å². The van der Waals surface area contributed by atoms with Crippen molar-refractivity contribution in [2.75, 3.05) is 18.9 Å². The Labute approximate surface area is 113 Å². The Balaban J connectivity index is 2.67. The molecule has 5 heteroatoms. The fraction of sp³-hybridized carbons (Fsp3) is 0.286.